The summed E-state index contributed by atoms with van der Waals surface area (Å²) in [6, 6.07) is 4.76. The van der Waals surface area contributed by atoms with Crippen molar-refractivity contribution < 1.29 is 19.4 Å². The fraction of sp³-hybridized carbons (Fsp3) is 0.462. The first-order valence-corrected chi connectivity index (χ1v) is 5.92. The third-order valence-electron chi connectivity index (χ3n) is 2.83. The van der Waals surface area contributed by atoms with Gasteiger partial charge >= 0.3 is 5.97 Å². The van der Waals surface area contributed by atoms with E-state index in [1.165, 1.54) is 0 Å². The number of carbonyl (C=O) groups is 1. The lowest BCUT2D eigenvalue weighted by molar-refractivity contribution is -0.137. The summed E-state index contributed by atoms with van der Waals surface area (Å²) >= 11 is 0. The highest BCUT2D eigenvalue weighted by atomic mass is 16.5. The smallest absolute Gasteiger partial charge is 0.305 e. The van der Waals surface area contributed by atoms with Crippen LogP contribution in [0, 0.1) is 0 Å². The first-order chi connectivity index (χ1) is 8.60. The van der Waals surface area contributed by atoms with Gasteiger partial charge in [-0.1, -0.05) is 6.07 Å². The Hall–Kier alpha value is -1.75. The van der Waals surface area contributed by atoms with Crippen molar-refractivity contribution in [2.45, 2.75) is 31.4 Å². The van der Waals surface area contributed by atoms with Crippen LogP contribution < -0.4 is 15.2 Å². The summed E-state index contributed by atoms with van der Waals surface area (Å²) in [6.45, 7) is 0. The Morgan fingerprint density at radius 2 is 2.22 bits per heavy atom. The van der Waals surface area contributed by atoms with Gasteiger partial charge in [0, 0.05) is 6.04 Å². The van der Waals surface area contributed by atoms with Crippen LogP contribution in [0.25, 0.3) is 0 Å². The zero-order valence-electron chi connectivity index (χ0n) is 10.3. The number of methoxy groups -OCH3 is 1. The van der Waals surface area contributed by atoms with Gasteiger partial charge in [0.15, 0.2) is 11.5 Å². The second-order valence-corrected chi connectivity index (χ2v) is 4.43. The van der Waals surface area contributed by atoms with Crippen LogP contribution >= 0.6 is 0 Å². The molecule has 0 heterocycles. The highest BCUT2D eigenvalue weighted by molar-refractivity contribution is 5.68. The molecule has 1 aliphatic rings. The van der Waals surface area contributed by atoms with E-state index in [4.69, 9.17) is 20.3 Å². The average molecular weight is 251 g/mol. The Bertz CT molecular complexity index is 443. The fourth-order valence-corrected chi connectivity index (χ4v) is 1.69. The molecule has 2 rings (SSSR count). The van der Waals surface area contributed by atoms with E-state index in [9.17, 15) is 4.79 Å². The van der Waals surface area contributed by atoms with Gasteiger partial charge < -0.3 is 20.3 Å². The molecule has 0 bridgehead atoms. The van der Waals surface area contributed by atoms with Crippen molar-refractivity contribution >= 4 is 5.97 Å². The van der Waals surface area contributed by atoms with Crippen LogP contribution in [0.4, 0.5) is 0 Å². The van der Waals surface area contributed by atoms with Gasteiger partial charge in [-0.25, -0.2) is 0 Å². The zero-order chi connectivity index (χ0) is 13.1. The number of ether oxygens (including phenoxy) is 2. The molecular weight excluding hydrogens is 234 g/mol. The second-order valence-electron chi connectivity index (χ2n) is 4.43. The van der Waals surface area contributed by atoms with Crippen molar-refractivity contribution in [1.82, 2.24) is 0 Å². The lowest BCUT2D eigenvalue weighted by Crippen LogP contribution is -2.15. The number of benzene rings is 1. The van der Waals surface area contributed by atoms with Crippen LogP contribution in [0.3, 0.4) is 0 Å². The summed E-state index contributed by atoms with van der Waals surface area (Å²) in [5.41, 5.74) is 6.57. The minimum absolute atomic E-state index is 0.102. The minimum Gasteiger partial charge on any atom is -0.493 e. The van der Waals surface area contributed by atoms with Crippen molar-refractivity contribution in [2.75, 3.05) is 7.11 Å². The standard InChI is InChI=1S/C13H17NO4/c1-17-11-5-2-8(10(14)7-13(15)16)6-12(11)18-9-3-4-9/h2,5-6,9-10H,3-4,7,14H2,1H3,(H,15,16). The molecule has 1 aromatic carbocycles. The fourth-order valence-electron chi connectivity index (χ4n) is 1.69. The molecule has 1 saturated carbocycles. The average Bonchev–Trinajstić information content (AvgIpc) is 3.12. The van der Waals surface area contributed by atoms with Crippen molar-refractivity contribution in [2.24, 2.45) is 5.73 Å². The third-order valence-corrected chi connectivity index (χ3v) is 2.83. The topological polar surface area (TPSA) is 81.8 Å². The summed E-state index contributed by atoms with van der Waals surface area (Å²) in [6.07, 6.45) is 2.25. The van der Waals surface area contributed by atoms with Gasteiger partial charge in [0.1, 0.15) is 0 Å². The molecule has 5 heteroatoms. The Labute approximate surface area is 106 Å². The number of carboxylic acids is 1. The molecule has 1 aliphatic carbocycles. The van der Waals surface area contributed by atoms with E-state index in [1.807, 2.05) is 0 Å². The molecule has 1 unspecified atom stereocenters. The summed E-state index contributed by atoms with van der Waals surface area (Å²) in [4.78, 5) is 10.6. The van der Waals surface area contributed by atoms with E-state index >= 15 is 0 Å². The molecule has 18 heavy (non-hydrogen) atoms. The highest BCUT2D eigenvalue weighted by Crippen LogP contribution is 2.35. The highest BCUT2D eigenvalue weighted by Gasteiger charge is 2.25. The number of hydrogen-bond acceptors (Lipinski definition) is 4. The predicted molar refractivity (Wildman–Crippen MR) is 65.8 cm³/mol. The molecule has 0 aliphatic heterocycles. The van der Waals surface area contributed by atoms with Crippen molar-refractivity contribution in [1.29, 1.82) is 0 Å². The Balaban J connectivity index is 2.17. The summed E-state index contributed by atoms with van der Waals surface area (Å²) in [7, 11) is 1.58. The van der Waals surface area contributed by atoms with E-state index < -0.39 is 12.0 Å². The van der Waals surface area contributed by atoms with Gasteiger partial charge in [0.05, 0.1) is 19.6 Å². The van der Waals surface area contributed by atoms with Gasteiger partial charge in [0.2, 0.25) is 0 Å². The third kappa shape index (κ3) is 3.13. The maximum Gasteiger partial charge on any atom is 0.305 e. The lowest BCUT2D eigenvalue weighted by atomic mass is 10.0. The van der Waals surface area contributed by atoms with Gasteiger partial charge in [-0.15, -0.1) is 0 Å². The lowest BCUT2D eigenvalue weighted by Gasteiger charge is -2.14. The van der Waals surface area contributed by atoms with Gasteiger partial charge in [-0.2, -0.15) is 0 Å². The molecule has 1 atom stereocenters. The van der Waals surface area contributed by atoms with Crippen molar-refractivity contribution in [3.8, 4) is 11.5 Å². The Morgan fingerprint density at radius 1 is 1.50 bits per heavy atom. The molecule has 1 fully saturated rings. The molecule has 1 aromatic rings. The molecular formula is C13H17NO4. The quantitative estimate of drug-likeness (QED) is 0.804. The van der Waals surface area contributed by atoms with Crippen molar-refractivity contribution in [3.05, 3.63) is 23.8 Å². The molecule has 3 N–H and O–H groups in total. The summed E-state index contributed by atoms with van der Waals surface area (Å²) < 4.78 is 10.9. The maximum atomic E-state index is 10.6. The molecule has 0 amide bonds. The largest absolute Gasteiger partial charge is 0.493 e. The first kappa shape index (κ1) is 12.7. The van der Waals surface area contributed by atoms with Crippen LogP contribution in [-0.4, -0.2) is 24.3 Å². The molecule has 0 aromatic heterocycles. The van der Waals surface area contributed by atoms with Crippen LogP contribution in [0.5, 0.6) is 11.5 Å². The zero-order valence-corrected chi connectivity index (χ0v) is 10.3. The maximum absolute atomic E-state index is 10.6. The van der Waals surface area contributed by atoms with E-state index in [0.29, 0.717) is 11.5 Å². The monoisotopic (exact) mass is 251 g/mol. The Morgan fingerprint density at radius 3 is 2.78 bits per heavy atom. The van der Waals surface area contributed by atoms with Gasteiger partial charge in [-0.05, 0) is 30.5 Å². The molecule has 5 nitrogen and oxygen atoms in total. The number of aliphatic carboxylic acids is 1. The van der Waals surface area contributed by atoms with Gasteiger partial charge in [0.25, 0.3) is 0 Å². The first-order valence-electron chi connectivity index (χ1n) is 5.92. The normalized spacial score (nSPS) is 16.1. The van der Waals surface area contributed by atoms with E-state index in [2.05, 4.69) is 0 Å². The summed E-state index contributed by atoms with van der Waals surface area (Å²) in [5, 5.41) is 8.73. The van der Waals surface area contributed by atoms with Gasteiger partial charge in [-0.3, -0.25) is 4.79 Å². The molecule has 98 valence electrons. The van der Waals surface area contributed by atoms with Crippen LogP contribution in [0.2, 0.25) is 0 Å². The molecule has 0 spiro atoms. The van der Waals surface area contributed by atoms with Crippen LogP contribution in [-0.2, 0) is 4.79 Å². The second kappa shape index (κ2) is 5.27. The number of hydrogen-bond donors (Lipinski definition) is 2. The number of rotatable bonds is 6. The predicted octanol–water partition coefficient (Wildman–Crippen LogP) is 1.71. The number of carboxylic acid groups (broad SMARTS) is 1. The Kier molecular flexibility index (Phi) is 3.72. The van der Waals surface area contributed by atoms with E-state index in [0.717, 1.165) is 18.4 Å². The SMILES string of the molecule is COc1ccc(C(N)CC(=O)O)cc1OC1CC1. The van der Waals surface area contributed by atoms with E-state index in [-0.39, 0.29) is 12.5 Å². The van der Waals surface area contributed by atoms with E-state index in [1.54, 1.807) is 25.3 Å². The molecule has 0 radical (unpaired) electrons. The van der Waals surface area contributed by atoms with Crippen LogP contribution in [0.15, 0.2) is 18.2 Å². The number of nitrogens with two attached hydrogens (primary N) is 1. The summed E-state index contributed by atoms with van der Waals surface area (Å²) in [5.74, 6) is 0.370. The molecule has 0 saturated heterocycles. The van der Waals surface area contributed by atoms with Crippen molar-refractivity contribution in [3.63, 3.8) is 0 Å². The van der Waals surface area contributed by atoms with Crippen LogP contribution in [0.1, 0.15) is 30.9 Å². The minimum atomic E-state index is -0.914.